The predicted molar refractivity (Wildman–Crippen MR) is 200 cm³/mol. The highest BCUT2D eigenvalue weighted by molar-refractivity contribution is 7.13. The van der Waals surface area contributed by atoms with Crippen molar-refractivity contribution in [2.45, 2.75) is 71.8 Å². The van der Waals surface area contributed by atoms with Gasteiger partial charge in [0.1, 0.15) is 6.04 Å². The van der Waals surface area contributed by atoms with Gasteiger partial charge >= 0.3 is 5.97 Å². The number of β-amino-alcohol motifs (C(OH)–C–C–N with tert-alkyl or cyclic N) is 1. The van der Waals surface area contributed by atoms with E-state index in [9.17, 15) is 24.3 Å². The van der Waals surface area contributed by atoms with Crippen LogP contribution in [0.25, 0.3) is 10.4 Å². The number of benzene rings is 2. The van der Waals surface area contributed by atoms with E-state index in [-0.39, 0.29) is 51.0 Å². The third-order valence-electron chi connectivity index (χ3n) is 8.52. The molecule has 1 saturated heterocycles. The van der Waals surface area contributed by atoms with Gasteiger partial charge in [-0.2, -0.15) is 0 Å². The Bertz CT molecular complexity index is 1610. The summed E-state index contributed by atoms with van der Waals surface area (Å²) in [6, 6.07) is 16.4. The van der Waals surface area contributed by atoms with E-state index in [1.54, 1.807) is 32.1 Å². The van der Waals surface area contributed by atoms with Gasteiger partial charge in [0.15, 0.2) is 6.10 Å². The average molecular weight is 753 g/mol. The first kappa shape index (κ1) is 41.5. The van der Waals surface area contributed by atoms with Crippen LogP contribution in [-0.2, 0) is 51.1 Å². The van der Waals surface area contributed by atoms with Gasteiger partial charge in [0.05, 0.1) is 74.7 Å². The molecule has 1 aliphatic rings. The van der Waals surface area contributed by atoms with Crippen LogP contribution in [0.5, 0.6) is 0 Å². The maximum absolute atomic E-state index is 13.8. The molecule has 0 aliphatic carbocycles. The molecule has 3 aromatic rings. The number of aryl methyl sites for hydroxylation is 1. The topological polar surface area (TPSA) is 166 Å². The summed E-state index contributed by atoms with van der Waals surface area (Å²) in [7, 11) is 0. The molecule has 2 heterocycles. The molecule has 1 aromatic heterocycles. The standard InChI is InChI=1S/C39H52N4O9S/c1-27-35(53-26-42-27)30-12-10-29(11-13-30)24-41-37(47)32-23-31(44)25-43(32)38(48)36(39(2,3)4)52-34(46)14-16-49-18-20-51-21-19-50-17-15-40-33(45)22-28-8-6-5-7-9-28/h5-13,26,31-32,36,44H,14-25H2,1-4H3,(H,40,45)(H,41,47)/t31-,32+,36-/m1/s1. The summed E-state index contributed by atoms with van der Waals surface area (Å²) in [5, 5.41) is 16.2. The summed E-state index contributed by atoms with van der Waals surface area (Å²) in [5.41, 5.74) is 4.89. The molecular weight excluding hydrogens is 701 g/mol. The van der Waals surface area contributed by atoms with E-state index in [2.05, 4.69) is 15.6 Å². The highest BCUT2D eigenvalue weighted by atomic mass is 32.1. The molecule has 3 atom stereocenters. The third-order valence-corrected chi connectivity index (χ3v) is 9.50. The highest BCUT2D eigenvalue weighted by Crippen LogP contribution is 2.29. The first-order valence-corrected chi connectivity index (χ1v) is 18.8. The van der Waals surface area contributed by atoms with Gasteiger partial charge in [0, 0.05) is 31.5 Å². The van der Waals surface area contributed by atoms with E-state index in [4.69, 9.17) is 18.9 Å². The summed E-state index contributed by atoms with van der Waals surface area (Å²) in [6.07, 6.45) is -1.71. The molecule has 4 rings (SSSR count). The van der Waals surface area contributed by atoms with Crippen molar-refractivity contribution in [3.63, 3.8) is 0 Å². The number of likely N-dealkylation sites (tertiary alicyclic amines) is 1. The number of aliphatic hydroxyl groups is 1. The van der Waals surface area contributed by atoms with Crippen molar-refractivity contribution in [2.24, 2.45) is 5.41 Å². The number of rotatable bonds is 20. The van der Waals surface area contributed by atoms with Gasteiger partial charge in [-0.25, -0.2) is 4.98 Å². The molecule has 2 aromatic carbocycles. The van der Waals surface area contributed by atoms with Crippen molar-refractivity contribution in [2.75, 3.05) is 52.7 Å². The Kier molecular flexibility index (Phi) is 16.4. The summed E-state index contributed by atoms with van der Waals surface area (Å²) in [5.74, 6) is -1.59. The maximum atomic E-state index is 13.8. The van der Waals surface area contributed by atoms with Gasteiger partial charge in [0.25, 0.3) is 5.91 Å². The number of ether oxygens (including phenoxy) is 4. The molecule has 53 heavy (non-hydrogen) atoms. The Morgan fingerprint density at radius 1 is 0.906 bits per heavy atom. The van der Waals surface area contributed by atoms with Crippen molar-refractivity contribution in [1.82, 2.24) is 20.5 Å². The fraction of sp³-hybridized carbons (Fsp3) is 0.513. The van der Waals surface area contributed by atoms with Crippen LogP contribution < -0.4 is 10.6 Å². The lowest BCUT2D eigenvalue weighted by Crippen LogP contribution is -2.53. The summed E-state index contributed by atoms with van der Waals surface area (Å²) in [4.78, 5) is 58.5. The Balaban J connectivity index is 1.11. The average Bonchev–Trinajstić information content (AvgIpc) is 3.75. The molecule has 1 aliphatic heterocycles. The fourth-order valence-electron chi connectivity index (χ4n) is 5.71. The van der Waals surface area contributed by atoms with Gasteiger partial charge in [-0.05, 0) is 23.6 Å². The lowest BCUT2D eigenvalue weighted by molar-refractivity contribution is -0.169. The monoisotopic (exact) mass is 752 g/mol. The van der Waals surface area contributed by atoms with Crippen molar-refractivity contribution < 1.29 is 43.2 Å². The normalized spacial score (nSPS) is 16.3. The zero-order chi connectivity index (χ0) is 38.2. The van der Waals surface area contributed by atoms with Crippen LogP contribution in [0.3, 0.4) is 0 Å². The van der Waals surface area contributed by atoms with Crippen LogP contribution in [0.15, 0.2) is 60.1 Å². The van der Waals surface area contributed by atoms with E-state index < -0.39 is 35.5 Å². The number of nitrogens with one attached hydrogen (secondary N) is 2. The molecule has 0 unspecified atom stereocenters. The quantitative estimate of drug-likeness (QED) is 0.115. The number of hydrogen-bond acceptors (Lipinski definition) is 11. The van der Waals surface area contributed by atoms with E-state index >= 15 is 0 Å². The molecule has 3 amide bonds. The molecule has 14 heteroatoms. The molecule has 0 saturated carbocycles. The van der Waals surface area contributed by atoms with E-state index in [1.165, 1.54) is 4.90 Å². The van der Waals surface area contributed by atoms with Crippen LogP contribution in [0.2, 0.25) is 0 Å². The smallest absolute Gasteiger partial charge is 0.308 e. The molecule has 288 valence electrons. The van der Waals surface area contributed by atoms with Crippen LogP contribution in [-0.4, -0.2) is 110 Å². The van der Waals surface area contributed by atoms with Crippen molar-refractivity contribution in [3.8, 4) is 10.4 Å². The van der Waals surface area contributed by atoms with Crippen LogP contribution >= 0.6 is 11.3 Å². The van der Waals surface area contributed by atoms with Crippen molar-refractivity contribution in [3.05, 3.63) is 76.9 Å². The first-order valence-electron chi connectivity index (χ1n) is 17.9. The van der Waals surface area contributed by atoms with Gasteiger partial charge in [-0.3, -0.25) is 19.2 Å². The van der Waals surface area contributed by atoms with E-state index in [0.717, 1.165) is 27.3 Å². The Hall–Kier alpha value is -4.21. The number of carbonyl (C=O) groups excluding carboxylic acids is 4. The Morgan fingerprint density at radius 2 is 1.57 bits per heavy atom. The van der Waals surface area contributed by atoms with Crippen molar-refractivity contribution in [1.29, 1.82) is 0 Å². The number of aromatic nitrogens is 1. The molecular formula is C39H52N4O9S. The van der Waals surface area contributed by atoms with Gasteiger partial charge in [0.2, 0.25) is 11.8 Å². The number of aliphatic hydroxyl groups excluding tert-OH is 1. The van der Waals surface area contributed by atoms with E-state index in [0.29, 0.717) is 39.4 Å². The second kappa shape index (κ2) is 20.9. The predicted octanol–water partition coefficient (Wildman–Crippen LogP) is 3.45. The number of hydrogen-bond donors (Lipinski definition) is 3. The Morgan fingerprint density at radius 3 is 2.21 bits per heavy atom. The summed E-state index contributed by atoms with van der Waals surface area (Å²) < 4.78 is 22.1. The molecule has 1 fully saturated rings. The number of carbonyl (C=O) groups is 4. The van der Waals surface area contributed by atoms with Gasteiger partial charge in [-0.1, -0.05) is 75.4 Å². The maximum Gasteiger partial charge on any atom is 0.308 e. The molecule has 0 spiro atoms. The minimum absolute atomic E-state index is 0.0383. The molecule has 3 N–H and O–H groups in total. The summed E-state index contributed by atoms with van der Waals surface area (Å²) >= 11 is 1.57. The number of esters is 1. The van der Waals surface area contributed by atoms with Crippen molar-refractivity contribution >= 4 is 35.0 Å². The fourth-order valence-corrected chi connectivity index (χ4v) is 6.52. The minimum atomic E-state index is -1.17. The van der Waals surface area contributed by atoms with Crippen LogP contribution in [0.1, 0.15) is 50.4 Å². The molecule has 13 nitrogen and oxygen atoms in total. The largest absolute Gasteiger partial charge is 0.452 e. The SMILES string of the molecule is Cc1ncsc1-c1ccc(CNC(=O)[C@@H]2C[C@@H](O)CN2C(=O)[C@@H](OC(=O)CCOCCOCCOCCNC(=O)Cc2ccccc2)C(C)(C)C)cc1. The lowest BCUT2D eigenvalue weighted by Gasteiger charge is -2.34. The zero-order valence-electron chi connectivity index (χ0n) is 31.0. The number of nitrogens with zero attached hydrogens (tertiary/aromatic N) is 2. The minimum Gasteiger partial charge on any atom is -0.452 e. The molecule has 0 radical (unpaired) electrons. The molecule has 0 bridgehead atoms. The Labute approximate surface area is 315 Å². The van der Waals surface area contributed by atoms with Crippen LogP contribution in [0, 0.1) is 12.3 Å². The highest BCUT2D eigenvalue weighted by Gasteiger charge is 2.45. The zero-order valence-corrected chi connectivity index (χ0v) is 31.8. The van der Waals surface area contributed by atoms with E-state index in [1.807, 2.05) is 67.0 Å². The third kappa shape index (κ3) is 13.6. The summed E-state index contributed by atoms with van der Waals surface area (Å²) in [6.45, 7) is 9.64. The van der Waals surface area contributed by atoms with Gasteiger partial charge in [-0.15, -0.1) is 11.3 Å². The lowest BCUT2D eigenvalue weighted by atomic mass is 9.87. The number of thiazole rings is 1. The van der Waals surface area contributed by atoms with Gasteiger partial charge < -0.3 is 39.6 Å². The second-order valence-electron chi connectivity index (χ2n) is 13.9. The van der Waals surface area contributed by atoms with Crippen LogP contribution in [0.4, 0.5) is 0 Å². The second-order valence-corrected chi connectivity index (χ2v) is 14.8. The first-order chi connectivity index (χ1) is 25.4. The number of amides is 3.